The molecule has 0 aromatic rings. The van der Waals surface area contributed by atoms with Crippen molar-refractivity contribution in [3.63, 3.8) is 0 Å². The predicted molar refractivity (Wildman–Crippen MR) is 105 cm³/mol. The largest absolute Gasteiger partial charge is 0.446 e. The fraction of sp³-hybridized carbons (Fsp3) is 0.812. The zero-order valence-corrected chi connectivity index (χ0v) is 17.3. The van der Waals surface area contributed by atoms with E-state index in [2.05, 4.69) is 28.3 Å². The molecule has 0 spiro atoms. The van der Waals surface area contributed by atoms with Crippen LogP contribution in [0.4, 0.5) is 4.79 Å². The quantitative estimate of drug-likeness (QED) is 0.330. The third kappa shape index (κ3) is 7.44. The number of rotatable bonds is 9. The van der Waals surface area contributed by atoms with Crippen LogP contribution in [0.15, 0.2) is 10.1 Å². The van der Waals surface area contributed by atoms with Crippen LogP contribution < -0.4 is 0 Å². The van der Waals surface area contributed by atoms with E-state index < -0.39 is 6.09 Å². The third-order valence-corrected chi connectivity index (χ3v) is 5.46. The molecule has 0 radical (unpaired) electrons. The summed E-state index contributed by atoms with van der Waals surface area (Å²) < 4.78 is 3.70. The molecule has 0 atom stereocenters. The van der Waals surface area contributed by atoms with Crippen molar-refractivity contribution in [1.82, 2.24) is 8.61 Å². The van der Waals surface area contributed by atoms with E-state index in [4.69, 9.17) is 4.84 Å². The van der Waals surface area contributed by atoms with Gasteiger partial charge in [0.1, 0.15) is 4.87 Å². The smallest absolute Gasteiger partial charge is 0.296 e. The summed E-state index contributed by atoms with van der Waals surface area (Å²) in [7, 11) is 1.71. The molecule has 1 aliphatic rings. The Balaban J connectivity index is 2.52. The lowest BCUT2D eigenvalue weighted by Crippen LogP contribution is -2.28. The van der Waals surface area contributed by atoms with Gasteiger partial charge in [0, 0.05) is 32.3 Å². The average molecular weight is 375 g/mol. The number of aliphatic imine (C=N–C) groups is 1. The maximum absolute atomic E-state index is 12.2. The number of carbonyl (C=O) groups excluding carboxylic acids is 1. The van der Waals surface area contributed by atoms with Crippen molar-refractivity contribution in [2.24, 2.45) is 10.1 Å². The lowest BCUT2D eigenvalue weighted by Gasteiger charge is -2.24. The van der Waals surface area contributed by atoms with Crippen LogP contribution in [-0.4, -0.2) is 50.5 Å². The molecule has 1 amide bonds. The minimum Gasteiger partial charge on any atom is -0.296 e. The Labute approximate surface area is 154 Å². The molecule has 0 aromatic heterocycles. The minimum absolute atomic E-state index is 0.243. The van der Waals surface area contributed by atoms with E-state index in [9.17, 15) is 4.79 Å². The summed E-state index contributed by atoms with van der Waals surface area (Å²) in [6.07, 6.45) is 4.03. The molecule has 8 heteroatoms. The van der Waals surface area contributed by atoms with Crippen LogP contribution in [0.25, 0.3) is 0 Å². The van der Waals surface area contributed by atoms with Crippen molar-refractivity contribution in [3.8, 4) is 0 Å². The highest BCUT2D eigenvalue weighted by atomic mass is 32.2. The van der Waals surface area contributed by atoms with Crippen LogP contribution in [0, 0.1) is 0 Å². The molecule has 0 aromatic carbocycles. The Morgan fingerprint density at radius 3 is 2.33 bits per heavy atom. The Morgan fingerprint density at radius 2 is 1.88 bits per heavy atom. The Kier molecular flexibility index (Phi) is 9.15. The van der Waals surface area contributed by atoms with E-state index in [1.54, 1.807) is 7.05 Å². The van der Waals surface area contributed by atoms with Crippen LogP contribution in [0.2, 0.25) is 0 Å². The highest BCUT2D eigenvalue weighted by Crippen LogP contribution is 2.34. The molecule has 24 heavy (non-hydrogen) atoms. The second-order valence-corrected chi connectivity index (χ2v) is 9.03. The van der Waals surface area contributed by atoms with Crippen LogP contribution >= 0.6 is 23.9 Å². The van der Waals surface area contributed by atoms with E-state index >= 15 is 0 Å². The zero-order chi connectivity index (χ0) is 18.2. The molecule has 0 bridgehead atoms. The number of thioether (sulfide) groups is 1. The number of oxime groups is 1. The van der Waals surface area contributed by atoms with Crippen molar-refractivity contribution >= 4 is 40.7 Å². The predicted octanol–water partition coefficient (Wildman–Crippen LogP) is 4.78. The summed E-state index contributed by atoms with van der Waals surface area (Å²) in [6.45, 7) is 12.2. The number of unbranched alkanes of at least 4 members (excludes halogenated alkanes) is 2. The van der Waals surface area contributed by atoms with Gasteiger partial charge >= 0.3 is 6.09 Å². The van der Waals surface area contributed by atoms with Gasteiger partial charge in [-0.3, -0.25) is 9.83 Å². The fourth-order valence-corrected chi connectivity index (χ4v) is 3.87. The first-order valence-corrected chi connectivity index (χ1v) is 10.0. The van der Waals surface area contributed by atoms with Crippen LogP contribution in [0.3, 0.4) is 0 Å². The molecular weight excluding hydrogens is 344 g/mol. The Bertz CT molecular complexity index is 473. The molecule has 0 aliphatic carbocycles. The van der Waals surface area contributed by atoms with Gasteiger partial charge in [0.05, 0.1) is 5.71 Å². The Hall–Kier alpha value is -0.730. The lowest BCUT2D eigenvalue weighted by molar-refractivity contribution is 0.136. The molecule has 0 N–H and O–H groups in total. The molecule has 1 rings (SSSR count). The Morgan fingerprint density at radius 1 is 1.29 bits per heavy atom. The fourth-order valence-electron chi connectivity index (χ4n) is 2.08. The van der Waals surface area contributed by atoms with E-state index in [0.29, 0.717) is 5.04 Å². The molecule has 0 saturated carbocycles. The molecule has 0 fully saturated rings. The molecular formula is C16H30N4O2S2. The van der Waals surface area contributed by atoms with Crippen molar-refractivity contribution in [2.75, 3.05) is 20.1 Å². The van der Waals surface area contributed by atoms with Crippen molar-refractivity contribution in [2.45, 2.75) is 65.2 Å². The highest BCUT2D eigenvalue weighted by Gasteiger charge is 2.30. The molecule has 0 unspecified atom stereocenters. The van der Waals surface area contributed by atoms with Gasteiger partial charge in [-0.05, 0) is 33.6 Å². The molecule has 0 saturated heterocycles. The highest BCUT2D eigenvalue weighted by molar-refractivity contribution is 8.17. The van der Waals surface area contributed by atoms with Gasteiger partial charge in [0.15, 0.2) is 5.04 Å². The number of carbonyl (C=O) groups is 1. The second kappa shape index (κ2) is 10.3. The number of hydrogen-bond acceptors (Lipinski definition) is 7. The standard InChI is InChI=1S/C16H30N4O2S2/c1-7-9-11-20(12-10-8-2)24-19(6)15(21)22-18-14-13(3)17-16(4,5)23-14/h7-12H2,1-6H3. The van der Waals surface area contributed by atoms with Gasteiger partial charge in [0.25, 0.3) is 0 Å². The van der Waals surface area contributed by atoms with Crippen molar-refractivity contribution < 1.29 is 9.63 Å². The maximum atomic E-state index is 12.2. The summed E-state index contributed by atoms with van der Waals surface area (Å²) in [6, 6.07) is 0. The first kappa shape index (κ1) is 21.3. The third-order valence-electron chi connectivity index (χ3n) is 3.32. The molecule has 138 valence electrons. The maximum Gasteiger partial charge on any atom is 0.446 e. The molecule has 6 nitrogen and oxygen atoms in total. The summed E-state index contributed by atoms with van der Waals surface area (Å²) in [5.74, 6) is 0. The topological polar surface area (TPSA) is 57.5 Å². The summed E-state index contributed by atoms with van der Waals surface area (Å²) in [5, 5.41) is 4.65. The number of amides is 1. The molecule has 1 heterocycles. The summed E-state index contributed by atoms with van der Waals surface area (Å²) >= 11 is 2.90. The first-order valence-electron chi connectivity index (χ1n) is 8.50. The van der Waals surface area contributed by atoms with Gasteiger partial charge in [-0.2, -0.15) is 0 Å². The van der Waals surface area contributed by atoms with Crippen molar-refractivity contribution in [1.29, 1.82) is 0 Å². The van der Waals surface area contributed by atoms with Gasteiger partial charge in [-0.15, -0.1) is 0 Å². The zero-order valence-electron chi connectivity index (χ0n) is 15.7. The van der Waals surface area contributed by atoms with Crippen molar-refractivity contribution in [3.05, 3.63) is 0 Å². The van der Waals surface area contributed by atoms with Gasteiger partial charge in [0.2, 0.25) is 0 Å². The van der Waals surface area contributed by atoms with Crippen LogP contribution in [-0.2, 0) is 4.84 Å². The van der Waals surface area contributed by atoms with Crippen LogP contribution in [0.1, 0.15) is 60.3 Å². The average Bonchev–Trinajstić information content (AvgIpc) is 2.79. The van der Waals surface area contributed by atoms with Gasteiger partial charge in [-0.25, -0.2) is 13.4 Å². The normalized spacial score (nSPS) is 18.1. The van der Waals surface area contributed by atoms with E-state index in [-0.39, 0.29) is 4.87 Å². The number of hydrogen-bond donors (Lipinski definition) is 0. The van der Waals surface area contributed by atoms with Crippen LogP contribution in [0.5, 0.6) is 0 Å². The van der Waals surface area contributed by atoms with E-state index in [1.807, 2.05) is 20.8 Å². The lowest BCUT2D eigenvalue weighted by atomic mass is 10.3. The van der Waals surface area contributed by atoms with E-state index in [1.165, 1.54) is 28.2 Å². The molecule has 1 aliphatic heterocycles. The monoisotopic (exact) mass is 374 g/mol. The minimum atomic E-state index is -0.469. The van der Waals surface area contributed by atoms with Gasteiger partial charge in [-0.1, -0.05) is 43.6 Å². The SMILES string of the molecule is CCCCN(CCCC)SN(C)C(=O)ON=C1SC(C)(C)N=C1C. The van der Waals surface area contributed by atoms with E-state index in [0.717, 1.165) is 44.5 Å². The summed E-state index contributed by atoms with van der Waals surface area (Å²) in [5.41, 5.74) is 0.806. The summed E-state index contributed by atoms with van der Waals surface area (Å²) in [4.78, 5) is 21.5. The van der Waals surface area contributed by atoms with Gasteiger partial charge < -0.3 is 0 Å². The second-order valence-electron chi connectivity index (χ2n) is 6.21. The number of nitrogens with zero attached hydrogens (tertiary/aromatic N) is 4. The first-order chi connectivity index (χ1) is 11.3.